The third-order valence-electron chi connectivity index (χ3n) is 5.05. The minimum absolute atomic E-state index is 0.298. The number of rotatable bonds is 8. The van der Waals surface area contributed by atoms with Crippen LogP contribution in [0.2, 0.25) is 0 Å². The molecule has 0 radical (unpaired) electrons. The maximum atomic E-state index is 11.6. The first-order valence-corrected chi connectivity index (χ1v) is 10.4. The molecule has 2 aliphatic rings. The number of benzene rings is 1. The number of aromatic nitrogens is 1. The fraction of sp³-hybridized carbons (Fsp3) is 0.409. The Labute approximate surface area is 181 Å². The summed E-state index contributed by atoms with van der Waals surface area (Å²) in [6.07, 6.45) is 1.38. The highest BCUT2D eigenvalue weighted by Crippen LogP contribution is 2.22. The number of nitrogens with one attached hydrogen (secondary N) is 1. The number of amides is 1. The largest absolute Gasteiger partial charge is 0.476 e. The van der Waals surface area contributed by atoms with Gasteiger partial charge in [-0.3, -0.25) is 5.43 Å². The van der Waals surface area contributed by atoms with Gasteiger partial charge in [-0.05, 0) is 30.7 Å². The van der Waals surface area contributed by atoms with E-state index < -0.39 is 0 Å². The minimum atomic E-state index is -0.298. The summed E-state index contributed by atoms with van der Waals surface area (Å²) in [5, 5.41) is 4.33. The van der Waals surface area contributed by atoms with Gasteiger partial charge in [0.25, 0.3) is 0 Å². The molecule has 4 rings (SSSR count). The Hall–Kier alpha value is -3.33. The van der Waals surface area contributed by atoms with Crippen LogP contribution in [0.25, 0.3) is 0 Å². The standard InChI is InChI=1S/C22H27N5O4/c1-17-3-2-4-18(13-17)25-23-16-19-14-20(26-5-9-29-10-6-26)15-21(24-19)30-11-7-27-8-12-31-22(27)28/h2-4,13-16,25H,5-12H2,1H3/b23-16+. The quantitative estimate of drug-likeness (QED) is 0.513. The van der Waals surface area contributed by atoms with Crippen molar-refractivity contribution in [2.75, 3.05) is 62.9 Å². The lowest BCUT2D eigenvalue weighted by Gasteiger charge is -2.29. The number of carbonyl (C=O) groups is 1. The van der Waals surface area contributed by atoms with E-state index >= 15 is 0 Å². The zero-order chi connectivity index (χ0) is 21.5. The Kier molecular flexibility index (Phi) is 6.83. The summed E-state index contributed by atoms with van der Waals surface area (Å²) < 4.78 is 16.3. The van der Waals surface area contributed by atoms with Crippen molar-refractivity contribution in [1.82, 2.24) is 9.88 Å². The number of ether oxygens (including phenoxy) is 3. The van der Waals surface area contributed by atoms with E-state index in [1.54, 1.807) is 11.1 Å². The fourth-order valence-electron chi connectivity index (χ4n) is 3.43. The lowest BCUT2D eigenvalue weighted by Crippen LogP contribution is -2.36. The number of carbonyl (C=O) groups excluding carboxylic acids is 1. The highest BCUT2D eigenvalue weighted by atomic mass is 16.6. The number of aryl methyl sites for hydroxylation is 1. The normalized spacial score (nSPS) is 16.6. The van der Waals surface area contributed by atoms with E-state index in [-0.39, 0.29) is 6.09 Å². The molecule has 3 heterocycles. The van der Waals surface area contributed by atoms with Gasteiger partial charge in [0.15, 0.2) is 0 Å². The maximum absolute atomic E-state index is 11.6. The number of anilines is 2. The smallest absolute Gasteiger partial charge is 0.410 e. The fourth-order valence-corrected chi connectivity index (χ4v) is 3.43. The van der Waals surface area contributed by atoms with Gasteiger partial charge in [-0.1, -0.05) is 12.1 Å². The van der Waals surface area contributed by atoms with Crippen molar-refractivity contribution in [3.8, 4) is 5.88 Å². The van der Waals surface area contributed by atoms with Gasteiger partial charge in [-0.15, -0.1) is 0 Å². The molecular formula is C22H27N5O4. The first-order valence-electron chi connectivity index (χ1n) is 10.4. The lowest BCUT2D eigenvalue weighted by atomic mass is 10.2. The molecular weight excluding hydrogens is 398 g/mol. The van der Waals surface area contributed by atoms with Gasteiger partial charge in [0.1, 0.15) is 13.2 Å². The van der Waals surface area contributed by atoms with Gasteiger partial charge in [0.05, 0.1) is 43.9 Å². The molecule has 2 saturated heterocycles. The van der Waals surface area contributed by atoms with Crippen LogP contribution in [0.15, 0.2) is 41.5 Å². The molecule has 1 aromatic carbocycles. The van der Waals surface area contributed by atoms with E-state index in [0.717, 1.165) is 30.0 Å². The first kappa shape index (κ1) is 20.9. The molecule has 1 aromatic heterocycles. The summed E-state index contributed by atoms with van der Waals surface area (Å²) in [5.74, 6) is 0.494. The molecule has 1 N–H and O–H groups in total. The van der Waals surface area contributed by atoms with Crippen molar-refractivity contribution in [3.05, 3.63) is 47.7 Å². The molecule has 0 atom stereocenters. The van der Waals surface area contributed by atoms with Crippen molar-refractivity contribution < 1.29 is 19.0 Å². The zero-order valence-corrected chi connectivity index (χ0v) is 17.6. The average molecular weight is 425 g/mol. The molecule has 0 aliphatic carbocycles. The maximum Gasteiger partial charge on any atom is 0.410 e. The Morgan fingerprint density at radius 3 is 2.84 bits per heavy atom. The SMILES string of the molecule is Cc1cccc(N/N=C/c2cc(N3CCOCC3)cc(OCCN3CCOC3=O)n2)c1. The number of hydrogen-bond acceptors (Lipinski definition) is 8. The van der Waals surface area contributed by atoms with Crippen molar-refractivity contribution in [2.24, 2.45) is 5.10 Å². The molecule has 2 fully saturated rings. The number of hydrogen-bond donors (Lipinski definition) is 1. The molecule has 31 heavy (non-hydrogen) atoms. The summed E-state index contributed by atoms with van der Waals surface area (Å²) in [6, 6.07) is 11.9. The third kappa shape index (κ3) is 5.85. The average Bonchev–Trinajstić information content (AvgIpc) is 3.19. The molecule has 0 spiro atoms. The van der Waals surface area contributed by atoms with E-state index in [9.17, 15) is 4.79 Å². The second-order valence-electron chi connectivity index (χ2n) is 7.38. The number of pyridine rings is 1. The van der Waals surface area contributed by atoms with Crippen molar-refractivity contribution >= 4 is 23.7 Å². The molecule has 2 aromatic rings. The van der Waals surface area contributed by atoms with Crippen LogP contribution in [0.4, 0.5) is 16.2 Å². The van der Waals surface area contributed by atoms with Crippen LogP contribution in [0, 0.1) is 6.92 Å². The summed E-state index contributed by atoms with van der Waals surface area (Å²) in [7, 11) is 0. The Bertz CT molecular complexity index is 930. The third-order valence-corrected chi connectivity index (χ3v) is 5.05. The Morgan fingerprint density at radius 1 is 1.19 bits per heavy atom. The molecule has 164 valence electrons. The molecule has 0 unspecified atom stereocenters. The first-order chi connectivity index (χ1) is 15.2. The molecule has 0 bridgehead atoms. The summed E-state index contributed by atoms with van der Waals surface area (Å²) in [4.78, 5) is 20.0. The topological polar surface area (TPSA) is 88.5 Å². The summed E-state index contributed by atoms with van der Waals surface area (Å²) in [5.41, 5.74) is 6.79. The van der Waals surface area contributed by atoms with Gasteiger partial charge < -0.3 is 24.0 Å². The van der Waals surface area contributed by atoms with E-state index in [0.29, 0.717) is 51.1 Å². The molecule has 0 saturated carbocycles. The Morgan fingerprint density at radius 2 is 2.06 bits per heavy atom. The predicted octanol–water partition coefficient (Wildman–Crippen LogP) is 2.50. The monoisotopic (exact) mass is 425 g/mol. The molecule has 1 amide bonds. The lowest BCUT2D eigenvalue weighted by molar-refractivity contribution is 0.122. The van der Waals surface area contributed by atoms with E-state index in [1.165, 1.54) is 0 Å². The Balaban J connectivity index is 1.45. The second kappa shape index (κ2) is 10.1. The van der Waals surface area contributed by atoms with Crippen molar-refractivity contribution in [2.45, 2.75) is 6.92 Å². The minimum Gasteiger partial charge on any atom is -0.476 e. The van der Waals surface area contributed by atoms with Crippen LogP contribution in [0.5, 0.6) is 5.88 Å². The summed E-state index contributed by atoms with van der Waals surface area (Å²) in [6.45, 7) is 6.84. The number of cyclic esters (lactones) is 1. The second-order valence-corrected chi connectivity index (χ2v) is 7.38. The highest BCUT2D eigenvalue weighted by Gasteiger charge is 2.21. The van der Waals surface area contributed by atoms with Gasteiger partial charge in [0, 0.05) is 24.8 Å². The zero-order valence-electron chi connectivity index (χ0n) is 17.6. The number of nitrogens with zero attached hydrogens (tertiary/aromatic N) is 4. The highest BCUT2D eigenvalue weighted by molar-refractivity contribution is 5.80. The van der Waals surface area contributed by atoms with Gasteiger partial charge in [0.2, 0.25) is 5.88 Å². The number of morpholine rings is 1. The van der Waals surface area contributed by atoms with Gasteiger partial charge >= 0.3 is 6.09 Å². The molecule has 9 nitrogen and oxygen atoms in total. The van der Waals surface area contributed by atoms with Crippen molar-refractivity contribution in [1.29, 1.82) is 0 Å². The summed E-state index contributed by atoms with van der Waals surface area (Å²) >= 11 is 0. The van der Waals surface area contributed by atoms with Crippen LogP contribution in [-0.2, 0) is 9.47 Å². The molecule has 2 aliphatic heterocycles. The molecule has 9 heteroatoms. The van der Waals surface area contributed by atoms with Crippen LogP contribution >= 0.6 is 0 Å². The van der Waals surface area contributed by atoms with Gasteiger partial charge in [-0.25, -0.2) is 9.78 Å². The van der Waals surface area contributed by atoms with Crippen LogP contribution in [0.3, 0.4) is 0 Å². The number of hydrazone groups is 1. The van der Waals surface area contributed by atoms with Gasteiger partial charge in [-0.2, -0.15) is 5.10 Å². The van der Waals surface area contributed by atoms with E-state index in [2.05, 4.69) is 20.4 Å². The van der Waals surface area contributed by atoms with Crippen molar-refractivity contribution in [3.63, 3.8) is 0 Å². The van der Waals surface area contributed by atoms with Crippen LogP contribution < -0.4 is 15.1 Å². The van der Waals surface area contributed by atoms with Crippen LogP contribution in [-0.4, -0.2) is 74.8 Å². The van der Waals surface area contributed by atoms with Crippen LogP contribution in [0.1, 0.15) is 11.3 Å². The van der Waals surface area contributed by atoms with E-state index in [4.69, 9.17) is 14.2 Å². The predicted molar refractivity (Wildman–Crippen MR) is 118 cm³/mol. The van der Waals surface area contributed by atoms with E-state index in [1.807, 2.05) is 43.3 Å².